The molecule has 1 aromatic heterocycles. The van der Waals surface area contributed by atoms with Gasteiger partial charge in [0.05, 0.1) is 15.5 Å². The second kappa shape index (κ2) is 6.39. The van der Waals surface area contributed by atoms with Crippen LogP contribution in [0.15, 0.2) is 4.90 Å². The van der Waals surface area contributed by atoms with Crippen molar-refractivity contribution >= 4 is 39.6 Å². The van der Waals surface area contributed by atoms with Gasteiger partial charge < -0.3 is 11.1 Å². The average Bonchev–Trinajstić information content (AvgIpc) is 3.20. The Balaban J connectivity index is 2.27. The van der Waals surface area contributed by atoms with Crippen LogP contribution in [0.1, 0.15) is 49.7 Å². The van der Waals surface area contributed by atoms with E-state index in [-0.39, 0.29) is 11.7 Å². The fraction of sp³-hybridized carbons (Fsp3) is 0.667. The highest BCUT2D eigenvalue weighted by Gasteiger charge is 2.34. The van der Waals surface area contributed by atoms with E-state index in [0.29, 0.717) is 17.6 Å². The number of thiophene rings is 1. The van der Waals surface area contributed by atoms with E-state index < -0.39 is 0 Å². The second-order valence-electron chi connectivity index (χ2n) is 5.75. The fourth-order valence-corrected chi connectivity index (χ4v) is 4.45. The first-order valence-corrected chi connectivity index (χ1v) is 9.30. The van der Waals surface area contributed by atoms with Gasteiger partial charge >= 0.3 is 0 Å². The molecule has 0 aromatic carbocycles. The molecule has 0 spiro atoms. The van der Waals surface area contributed by atoms with E-state index in [0.717, 1.165) is 34.0 Å². The number of rotatable bonds is 7. The van der Waals surface area contributed by atoms with E-state index in [4.69, 9.17) is 5.73 Å². The van der Waals surface area contributed by atoms with Crippen molar-refractivity contribution in [3.05, 3.63) is 4.88 Å². The lowest BCUT2D eigenvalue weighted by Gasteiger charge is -2.21. The van der Waals surface area contributed by atoms with Gasteiger partial charge in [-0.1, -0.05) is 20.8 Å². The average molecular weight is 313 g/mol. The highest BCUT2D eigenvalue weighted by atomic mass is 32.2. The van der Waals surface area contributed by atoms with Crippen molar-refractivity contribution in [1.82, 2.24) is 0 Å². The molecule has 0 bridgehead atoms. The largest absolute Gasteiger partial charge is 0.396 e. The standard InChI is InChI=1S/C15H24N2OS2/c1-5-10(8(2)3)17-15-14(19-4)11(16)13(20-15)12(18)9-6-7-9/h8-10,17H,5-7,16H2,1-4H3. The molecule has 0 amide bonds. The lowest BCUT2D eigenvalue weighted by atomic mass is 10.0. The molecule has 20 heavy (non-hydrogen) atoms. The Morgan fingerprint density at radius 1 is 1.50 bits per heavy atom. The molecule has 0 radical (unpaired) electrons. The maximum Gasteiger partial charge on any atom is 0.178 e. The monoisotopic (exact) mass is 312 g/mol. The van der Waals surface area contributed by atoms with Crippen molar-refractivity contribution in [3.8, 4) is 0 Å². The summed E-state index contributed by atoms with van der Waals surface area (Å²) in [5, 5.41) is 4.66. The Labute approximate surface area is 129 Å². The van der Waals surface area contributed by atoms with Gasteiger partial charge in [-0.2, -0.15) is 0 Å². The van der Waals surface area contributed by atoms with Crippen molar-refractivity contribution in [2.45, 2.75) is 51.0 Å². The normalized spacial score (nSPS) is 16.4. The smallest absolute Gasteiger partial charge is 0.178 e. The van der Waals surface area contributed by atoms with E-state index in [2.05, 4.69) is 26.1 Å². The number of carbonyl (C=O) groups excluding carboxylic acids is 1. The van der Waals surface area contributed by atoms with Gasteiger partial charge in [0.15, 0.2) is 5.78 Å². The van der Waals surface area contributed by atoms with Crippen LogP contribution in [0, 0.1) is 11.8 Å². The molecular weight excluding hydrogens is 288 g/mol. The number of nitrogens with one attached hydrogen (secondary N) is 1. The number of nitrogens with two attached hydrogens (primary N) is 1. The number of Topliss-reactive ketones (excluding diaryl/α,β-unsaturated/α-hetero) is 1. The first-order chi connectivity index (χ1) is 9.49. The maximum absolute atomic E-state index is 12.3. The molecule has 1 fully saturated rings. The molecule has 1 aliphatic rings. The van der Waals surface area contributed by atoms with Gasteiger partial charge in [-0.3, -0.25) is 4.79 Å². The van der Waals surface area contributed by atoms with Crippen molar-refractivity contribution in [3.63, 3.8) is 0 Å². The molecule has 1 unspecified atom stereocenters. The number of thioether (sulfide) groups is 1. The minimum absolute atomic E-state index is 0.227. The van der Waals surface area contributed by atoms with Crippen LogP contribution >= 0.6 is 23.1 Å². The van der Waals surface area contributed by atoms with Crippen molar-refractivity contribution in [2.75, 3.05) is 17.3 Å². The van der Waals surface area contributed by atoms with Crippen molar-refractivity contribution in [2.24, 2.45) is 11.8 Å². The van der Waals surface area contributed by atoms with Gasteiger partial charge in [0.2, 0.25) is 0 Å². The van der Waals surface area contributed by atoms with Crippen molar-refractivity contribution in [1.29, 1.82) is 0 Å². The van der Waals surface area contributed by atoms with Crippen LogP contribution in [0.25, 0.3) is 0 Å². The van der Waals surface area contributed by atoms with Gasteiger partial charge in [-0.15, -0.1) is 23.1 Å². The minimum atomic E-state index is 0.227. The third kappa shape index (κ3) is 3.14. The summed E-state index contributed by atoms with van der Waals surface area (Å²) in [7, 11) is 0. The Bertz CT molecular complexity index is 492. The molecule has 1 saturated carbocycles. The van der Waals surface area contributed by atoms with E-state index in [9.17, 15) is 4.79 Å². The molecule has 0 aliphatic heterocycles. The van der Waals surface area contributed by atoms with Crippen molar-refractivity contribution < 1.29 is 4.79 Å². The minimum Gasteiger partial charge on any atom is -0.396 e. The predicted molar refractivity (Wildman–Crippen MR) is 90.1 cm³/mol. The SMILES string of the molecule is CCC(Nc1sc(C(=O)C2CC2)c(N)c1SC)C(C)C. The molecule has 2 rings (SSSR count). The van der Waals surface area contributed by atoms with E-state index in [1.807, 2.05) is 6.26 Å². The summed E-state index contributed by atoms with van der Waals surface area (Å²) in [5.41, 5.74) is 6.88. The van der Waals surface area contributed by atoms with Crippen LogP contribution < -0.4 is 11.1 Å². The third-order valence-electron chi connectivity index (χ3n) is 3.84. The number of hydrogen-bond acceptors (Lipinski definition) is 5. The topological polar surface area (TPSA) is 55.1 Å². The van der Waals surface area contributed by atoms with Crippen LogP contribution in [0.5, 0.6) is 0 Å². The van der Waals surface area contributed by atoms with E-state index in [1.165, 1.54) is 0 Å². The Kier molecular flexibility index (Phi) is 5.02. The van der Waals surface area contributed by atoms with Crippen LogP contribution in [0.2, 0.25) is 0 Å². The first kappa shape index (κ1) is 15.7. The maximum atomic E-state index is 12.3. The summed E-state index contributed by atoms with van der Waals surface area (Å²) >= 11 is 3.17. The Hall–Kier alpha value is -0.680. The molecule has 1 atom stereocenters. The summed E-state index contributed by atoms with van der Waals surface area (Å²) in [4.78, 5) is 14.1. The van der Waals surface area contributed by atoms with Crippen LogP contribution in [-0.2, 0) is 0 Å². The van der Waals surface area contributed by atoms with Gasteiger partial charge in [0, 0.05) is 12.0 Å². The third-order valence-corrected chi connectivity index (χ3v) is 5.95. The van der Waals surface area contributed by atoms with E-state index in [1.54, 1.807) is 23.1 Å². The molecule has 3 N–H and O–H groups in total. The number of ketones is 1. The molecule has 112 valence electrons. The highest BCUT2D eigenvalue weighted by Crippen LogP contribution is 2.45. The second-order valence-corrected chi connectivity index (χ2v) is 7.59. The Morgan fingerprint density at radius 2 is 2.15 bits per heavy atom. The van der Waals surface area contributed by atoms with Crippen LogP contribution in [-0.4, -0.2) is 18.1 Å². The number of anilines is 2. The lowest BCUT2D eigenvalue weighted by molar-refractivity contribution is 0.0972. The van der Waals surface area contributed by atoms with Gasteiger partial charge in [-0.05, 0) is 31.4 Å². The fourth-order valence-electron chi connectivity index (χ4n) is 2.35. The molecular formula is C15H24N2OS2. The van der Waals surface area contributed by atoms with Crippen LogP contribution in [0.4, 0.5) is 10.7 Å². The molecule has 1 aromatic rings. The van der Waals surface area contributed by atoms with Gasteiger partial charge in [0.1, 0.15) is 5.00 Å². The molecule has 1 aliphatic carbocycles. The Morgan fingerprint density at radius 3 is 2.60 bits per heavy atom. The van der Waals surface area contributed by atoms with Gasteiger partial charge in [-0.25, -0.2) is 0 Å². The summed E-state index contributed by atoms with van der Waals surface area (Å²) in [6, 6.07) is 0.419. The zero-order valence-electron chi connectivity index (χ0n) is 12.7. The summed E-state index contributed by atoms with van der Waals surface area (Å²) in [6.45, 7) is 6.62. The summed E-state index contributed by atoms with van der Waals surface area (Å²) in [5.74, 6) is 1.03. The predicted octanol–water partition coefficient (Wildman–Crippen LogP) is 4.49. The number of nitrogen functional groups attached to an aromatic ring is 1. The number of hydrogen-bond donors (Lipinski definition) is 2. The molecule has 3 nitrogen and oxygen atoms in total. The van der Waals surface area contributed by atoms with E-state index >= 15 is 0 Å². The summed E-state index contributed by atoms with van der Waals surface area (Å²) < 4.78 is 0. The lowest BCUT2D eigenvalue weighted by Crippen LogP contribution is -2.24. The highest BCUT2D eigenvalue weighted by molar-refractivity contribution is 7.99. The quantitative estimate of drug-likeness (QED) is 0.575. The number of carbonyl (C=O) groups is 1. The van der Waals surface area contributed by atoms with Crippen LogP contribution in [0.3, 0.4) is 0 Å². The van der Waals surface area contributed by atoms with Gasteiger partial charge in [0.25, 0.3) is 0 Å². The molecule has 1 heterocycles. The zero-order valence-corrected chi connectivity index (χ0v) is 14.3. The summed E-state index contributed by atoms with van der Waals surface area (Å²) in [6.07, 6.45) is 5.13. The zero-order chi connectivity index (χ0) is 14.9. The molecule has 5 heteroatoms. The molecule has 0 saturated heterocycles. The first-order valence-electron chi connectivity index (χ1n) is 7.26.